The van der Waals surface area contributed by atoms with E-state index in [9.17, 15) is 0 Å². The minimum atomic E-state index is 0.185. The maximum Gasteiger partial charge on any atom is 0.0447 e. The fourth-order valence-corrected chi connectivity index (χ4v) is 4.29. The minimum Gasteiger partial charge on any atom is -0.327 e. The van der Waals surface area contributed by atoms with Crippen LogP contribution in [0.4, 0.5) is 0 Å². The minimum absolute atomic E-state index is 0.185. The molecule has 2 aliphatic carbocycles. The topological polar surface area (TPSA) is 26.0 Å². The van der Waals surface area contributed by atoms with Gasteiger partial charge in [0, 0.05) is 16.5 Å². The third kappa shape index (κ3) is 1.71. The smallest absolute Gasteiger partial charge is 0.0447 e. The van der Waals surface area contributed by atoms with Gasteiger partial charge in [-0.05, 0) is 42.9 Å². The normalized spacial score (nSPS) is 26.8. The summed E-state index contributed by atoms with van der Waals surface area (Å²) >= 11 is 6.47. The summed E-state index contributed by atoms with van der Waals surface area (Å²) < 4.78 is 0. The second-order valence-electron chi connectivity index (χ2n) is 5.64. The van der Waals surface area contributed by atoms with E-state index >= 15 is 0 Å². The Morgan fingerprint density at radius 2 is 1.94 bits per heavy atom. The lowest BCUT2D eigenvalue weighted by atomic mass is 9.60. The molecular weight excluding hydrogens is 230 g/mol. The van der Waals surface area contributed by atoms with Crippen LogP contribution in [0.3, 0.4) is 0 Å². The van der Waals surface area contributed by atoms with Gasteiger partial charge in [-0.1, -0.05) is 43.0 Å². The van der Waals surface area contributed by atoms with Crippen molar-refractivity contribution in [3.05, 3.63) is 34.3 Å². The fraction of sp³-hybridized carbons (Fsp3) is 0.600. The molecule has 1 unspecified atom stereocenters. The molecule has 0 heterocycles. The van der Waals surface area contributed by atoms with E-state index in [1.54, 1.807) is 0 Å². The van der Waals surface area contributed by atoms with Crippen LogP contribution in [0.5, 0.6) is 0 Å². The van der Waals surface area contributed by atoms with Crippen LogP contribution >= 0.6 is 11.6 Å². The highest BCUT2D eigenvalue weighted by atomic mass is 35.5. The van der Waals surface area contributed by atoms with Crippen LogP contribution in [0, 0.1) is 0 Å². The zero-order valence-corrected chi connectivity index (χ0v) is 11.0. The van der Waals surface area contributed by atoms with Gasteiger partial charge in [-0.15, -0.1) is 0 Å². The molecule has 1 fully saturated rings. The van der Waals surface area contributed by atoms with Crippen LogP contribution in [0.1, 0.15) is 49.7 Å². The fourth-order valence-electron chi connectivity index (χ4n) is 3.91. The van der Waals surface area contributed by atoms with Crippen molar-refractivity contribution in [2.24, 2.45) is 5.73 Å². The van der Waals surface area contributed by atoms with E-state index in [-0.39, 0.29) is 5.41 Å². The molecule has 2 N–H and O–H groups in total. The Hall–Kier alpha value is -0.530. The average Bonchev–Trinajstić information content (AvgIpc) is 2.35. The van der Waals surface area contributed by atoms with E-state index in [1.165, 1.54) is 43.2 Å². The van der Waals surface area contributed by atoms with Crippen LogP contribution in [-0.4, -0.2) is 6.04 Å². The van der Waals surface area contributed by atoms with Gasteiger partial charge in [0.15, 0.2) is 0 Å². The van der Waals surface area contributed by atoms with E-state index < -0.39 is 0 Å². The standard InChI is InChI=1S/C15H20ClN/c16-12-6-4-5-11-7-8-13(17)15(14(11)12)9-2-1-3-10-15/h4-6,13H,1-3,7-10,17H2. The van der Waals surface area contributed by atoms with Crippen molar-refractivity contribution in [3.8, 4) is 0 Å². The van der Waals surface area contributed by atoms with E-state index in [4.69, 9.17) is 17.3 Å². The maximum absolute atomic E-state index is 6.47. The van der Waals surface area contributed by atoms with Crippen LogP contribution < -0.4 is 5.73 Å². The summed E-state index contributed by atoms with van der Waals surface area (Å²) in [4.78, 5) is 0. The molecule has 0 aliphatic heterocycles. The quantitative estimate of drug-likeness (QED) is 0.743. The second-order valence-corrected chi connectivity index (χ2v) is 6.04. The van der Waals surface area contributed by atoms with Gasteiger partial charge in [0.1, 0.15) is 0 Å². The van der Waals surface area contributed by atoms with Gasteiger partial charge in [-0.3, -0.25) is 0 Å². The Morgan fingerprint density at radius 1 is 1.18 bits per heavy atom. The van der Waals surface area contributed by atoms with Crippen LogP contribution in [0.15, 0.2) is 18.2 Å². The lowest BCUT2D eigenvalue weighted by Gasteiger charge is -2.47. The zero-order chi connectivity index (χ0) is 11.9. The monoisotopic (exact) mass is 249 g/mol. The van der Waals surface area contributed by atoms with Crippen LogP contribution in [0.25, 0.3) is 0 Å². The van der Waals surface area contributed by atoms with Gasteiger partial charge in [-0.2, -0.15) is 0 Å². The van der Waals surface area contributed by atoms with Gasteiger partial charge in [0.2, 0.25) is 0 Å². The molecule has 92 valence electrons. The second kappa shape index (κ2) is 4.29. The van der Waals surface area contributed by atoms with Gasteiger partial charge >= 0.3 is 0 Å². The van der Waals surface area contributed by atoms with E-state index in [2.05, 4.69) is 12.1 Å². The number of hydrogen-bond acceptors (Lipinski definition) is 1. The number of hydrogen-bond donors (Lipinski definition) is 1. The summed E-state index contributed by atoms with van der Waals surface area (Å²) in [6.45, 7) is 0. The molecule has 3 rings (SSSR count). The summed E-state index contributed by atoms with van der Waals surface area (Å²) in [5, 5.41) is 0.944. The molecule has 0 amide bonds. The summed E-state index contributed by atoms with van der Waals surface area (Å²) in [6, 6.07) is 6.66. The first kappa shape index (κ1) is 11.6. The predicted molar refractivity (Wildman–Crippen MR) is 72.5 cm³/mol. The molecule has 1 spiro atoms. The van der Waals surface area contributed by atoms with E-state index in [0.29, 0.717) is 6.04 Å². The SMILES string of the molecule is NC1CCc2cccc(Cl)c2C12CCCCC2. The molecule has 0 radical (unpaired) electrons. The summed E-state index contributed by atoms with van der Waals surface area (Å²) in [5.41, 5.74) is 9.49. The first-order valence-corrected chi connectivity index (χ1v) is 7.15. The largest absolute Gasteiger partial charge is 0.327 e. The van der Waals surface area contributed by atoms with Crippen molar-refractivity contribution in [2.75, 3.05) is 0 Å². The van der Waals surface area contributed by atoms with Gasteiger partial charge in [0.05, 0.1) is 0 Å². The first-order chi connectivity index (χ1) is 8.24. The van der Waals surface area contributed by atoms with Crippen molar-refractivity contribution in [2.45, 2.75) is 56.4 Å². The molecule has 0 saturated heterocycles. The molecule has 0 bridgehead atoms. The average molecular weight is 250 g/mol. The molecule has 2 heteroatoms. The van der Waals surface area contributed by atoms with Crippen molar-refractivity contribution >= 4 is 11.6 Å². The van der Waals surface area contributed by atoms with E-state index in [0.717, 1.165) is 17.9 Å². The van der Waals surface area contributed by atoms with Crippen molar-refractivity contribution in [1.82, 2.24) is 0 Å². The van der Waals surface area contributed by atoms with Gasteiger partial charge in [0.25, 0.3) is 0 Å². The number of aryl methyl sites for hydroxylation is 1. The lowest BCUT2D eigenvalue weighted by Crippen LogP contribution is -2.50. The summed E-state index contributed by atoms with van der Waals surface area (Å²) in [7, 11) is 0. The van der Waals surface area contributed by atoms with Crippen molar-refractivity contribution in [3.63, 3.8) is 0 Å². The Morgan fingerprint density at radius 3 is 2.71 bits per heavy atom. The van der Waals surface area contributed by atoms with Crippen LogP contribution in [0.2, 0.25) is 5.02 Å². The molecule has 1 aromatic rings. The highest BCUT2D eigenvalue weighted by molar-refractivity contribution is 6.31. The molecule has 17 heavy (non-hydrogen) atoms. The third-order valence-corrected chi connectivity index (χ3v) is 5.09. The molecule has 0 aromatic heterocycles. The van der Waals surface area contributed by atoms with Gasteiger partial charge < -0.3 is 5.73 Å². The highest BCUT2D eigenvalue weighted by Crippen LogP contribution is 2.49. The third-order valence-electron chi connectivity index (χ3n) is 4.78. The summed E-state index contributed by atoms with van der Waals surface area (Å²) in [5.74, 6) is 0. The van der Waals surface area contributed by atoms with Gasteiger partial charge in [-0.25, -0.2) is 0 Å². The lowest BCUT2D eigenvalue weighted by molar-refractivity contribution is 0.221. The Labute approximate surface area is 108 Å². The number of rotatable bonds is 0. The Balaban J connectivity index is 2.15. The van der Waals surface area contributed by atoms with Crippen LogP contribution in [-0.2, 0) is 11.8 Å². The molecule has 1 saturated carbocycles. The number of benzene rings is 1. The van der Waals surface area contributed by atoms with Crippen molar-refractivity contribution in [1.29, 1.82) is 0 Å². The van der Waals surface area contributed by atoms with Crippen molar-refractivity contribution < 1.29 is 0 Å². The number of nitrogens with two attached hydrogens (primary N) is 1. The number of fused-ring (bicyclic) bond motifs is 2. The Kier molecular flexibility index (Phi) is 2.92. The highest BCUT2D eigenvalue weighted by Gasteiger charge is 2.44. The molecule has 1 aromatic carbocycles. The number of halogens is 1. The van der Waals surface area contributed by atoms with E-state index in [1.807, 2.05) is 6.07 Å². The molecule has 2 aliphatic rings. The zero-order valence-electron chi connectivity index (χ0n) is 10.2. The maximum atomic E-state index is 6.47. The first-order valence-electron chi connectivity index (χ1n) is 6.77. The Bertz CT molecular complexity index is 421. The summed E-state index contributed by atoms with van der Waals surface area (Å²) in [6.07, 6.45) is 8.63. The molecular formula is C15H20ClN. The predicted octanol–water partition coefficient (Wildman–Crippen LogP) is 3.82. The molecule has 1 atom stereocenters. The molecule has 1 nitrogen and oxygen atoms in total.